The molecule has 1 aliphatic rings. The maximum atomic E-state index is 3.43. The van der Waals surface area contributed by atoms with Gasteiger partial charge in [-0.2, -0.15) is 0 Å². The second-order valence-electron chi connectivity index (χ2n) is 4.88. The average molecular weight is 218 g/mol. The van der Waals surface area contributed by atoms with Gasteiger partial charge in [-0.15, -0.1) is 0 Å². The predicted octanol–water partition coefficient (Wildman–Crippen LogP) is 2.12. The van der Waals surface area contributed by atoms with Gasteiger partial charge in [0, 0.05) is 19.1 Å². The smallest absolute Gasteiger partial charge is 0.0234 e. The van der Waals surface area contributed by atoms with E-state index in [1.165, 1.54) is 25.1 Å². The molecular formula is C14H22N2. The zero-order valence-electron chi connectivity index (χ0n) is 10.3. The highest BCUT2D eigenvalue weighted by Gasteiger charge is 2.24. The van der Waals surface area contributed by atoms with Crippen molar-refractivity contribution in [2.45, 2.75) is 25.9 Å². The fourth-order valence-electron chi connectivity index (χ4n) is 2.50. The van der Waals surface area contributed by atoms with Crippen LogP contribution in [-0.2, 0) is 6.54 Å². The van der Waals surface area contributed by atoms with Gasteiger partial charge < -0.3 is 5.32 Å². The molecule has 0 aliphatic carbocycles. The zero-order chi connectivity index (χ0) is 11.4. The summed E-state index contributed by atoms with van der Waals surface area (Å²) in [6.07, 6.45) is 1.30. The molecule has 1 aromatic carbocycles. The summed E-state index contributed by atoms with van der Waals surface area (Å²) in [6, 6.07) is 11.4. The molecule has 0 radical (unpaired) electrons. The molecule has 2 nitrogen and oxygen atoms in total. The van der Waals surface area contributed by atoms with E-state index in [9.17, 15) is 0 Å². The number of likely N-dealkylation sites (N-methyl/N-ethyl adjacent to an activating group) is 1. The molecule has 2 atom stereocenters. The minimum absolute atomic E-state index is 0.650. The number of benzene rings is 1. The number of hydrogen-bond acceptors (Lipinski definition) is 2. The third-order valence-corrected chi connectivity index (χ3v) is 3.66. The monoisotopic (exact) mass is 218 g/mol. The molecular weight excluding hydrogens is 196 g/mol. The number of nitrogens with one attached hydrogen (secondary N) is 1. The second kappa shape index (κ2) is 5.46. The SMILES string of the molecule is CN[C@@H]1CN(Cc2ccccc2)CCC1C. The summed E-state index contributed by atoms with van der Waals surface area (Å²) < 4.78 is 0. The van der Waals surface area contributed by atoms with Gasteiger partial charge in [-0.3, -0.25) is 4.90 Å². The highest BCUT2D eigenvalue weighted by molar-refractivity contribution is 5.14. The summed E-state index contributed by atoms with van der Waals surface area (Å²) in [5, 5.41) is 3.43. The van der Waals surface area contributed by atoms with Crippen LogP contribution in [0.25, 0.3) is 0 Å². The Morgan fingerprint density at radius 3 is 2.75 bits per heavy atom. The van der Waals surface area contributed by atoms with Crippen molar-refractivity contribution in [2.75, 3.05) is 20.1 Å². The van der Waals surface area contributed by atoms with Crippen molar-refractivity contribution in [1.82, 2.24) is 10.2 Å². The molecule has 1 aromatic rings. The lowest BCUT2D eigenvalue weighted by Gasteiger charge is -2.37. The second-order valence-corrected chi connectivity index (χ2v) is 4.88. The lowest BCUT2D eigenvalue weighted by Crippen LogP contribution is -2.48. The van der Waals surface area contributed by atoms with Crippen molar-refractivity contribution < 1.29 is 0 Å². The Morgan fingerprint density at radius 1 is 1.31 bits per heavy atom. The fraction of sp³-hybridized carbons (Fsp3) is 0.571. The fourth-order valence-corrected chi connectivity index (χ4v) is 2.50. The molecule has 1 N–H and O–H groups in total. The first kappa shape index (κ1) is 11.6. The predicted molar refractivity (Wildman–Crippen MR) is 68.3 cm³/mol. The molecule has 2 heteroatoms. The zero-order valence-corrected chi connectivity index (χ0v) is 10.3. The largest absolute Gasteiger partial charge is 0.315 e. The molecule has 0 amide bonds. The van der Waals surface area contributed by atoms with E-state index in [1.807, 2.05) is 0 Å². The van der Waals surface area contributed by atoms with Gasteiger partial charge in [-0.1, -0.05) is 37.3 Å². The quantitative estimate of drug-likeness (QED) is 0.836. The molecule has 88 valence electrons. The van der Waals surface area contributed by atoms with Crippen molar-refractivity contribution in [3.63, 3.8) is 0 Å². The molecule has 1 heterocycles. The molecule has 0 spiro atoms. The molecule has 0 aromatic heterocycles. The van der Waals surface area contributed by atoms with Crippen LogP contribution in [0.2, 0.25) is 0 Å². The maximum absolute atomic E-state index is 3.43. The Hall–Kier alpha value is -0.860. The molecule has 1 saturated heterocycles. The average Bonchev–Trinajstić information content (AvgIpc) is 2.33. The number of piperidine rings is 1. The van der Waals surface area contributed by atoms with Gasteiger partial charge in [-0.05, 0) is 31.5 Å². The Morgan fingerprint density at radius 2 is 2.06 bits per heavy atom. The van der Waals surface area contributed by atoms with E-state index < -0.39 is 0 Å². The number of likely N-dealkylation sites (tertiary alicyclic amines) is 1. The van der Waals surface area contributed by atoms with Crippen molar-refractivity contribution >= 4 is 0 Å². The molecule has 1 aliphatic heterocycles. The van der Waals surface area contributed by atoms with Gasteiger partial charge in [-0.25, -0.2) is 0 Å². The Labute approximate surface area is 98.7 Å². The van der Waals surface area contributed by atoms with Crippen LogP contribution in [0.5, 0.6) is 0 Å². The normalized spacial score (nSPS) is 26.9. The highest BCUT2D eigenvalue weighted by Crippen LogP contribution is 2.18. The lowest BCUT2D eigenvalue weighted by molar-refractivity contribution is 0.147. The molecule has 16 heavy (non-hydrogen) atoms. The molecule has 0 bridgehead atoms. The van der Waals surface area contributed by atoms with E-state index in [-0.39, 0.29) is 0 Å². The molecule has 1 unspecified atom stereocenters. The van der Waals surface area contributed by atoms with Crippen molar-refractivity contribution in [1.29, 1.82) is 0 Å². The third-order valence-electron chi connectivity index (χ3n) is 3.66. The topological polar surface area (TPSA) is 15.3 Å². The van der Waals surface area contributed by atoms with Crippen molar-refractivity contribution in [3.8, 4) is 0 Å². The summed E-state index contributed by atoms with van der Waals surface area (Å²) in [5.41, 5.74) is 1.42. The third kappa shape index (κ3) is 2.83. The van der Waals surface area contributed by atoms with Crippen LogP contribution in [0.4, 0.5) is 0 Å². The van der Waals surface area contributed by atoms with Crippen LogP contribution in [-0.4, -0.2) is 31.1 Å². The van der Waals surface area contributed by atoms with E-state index in [0.29, 0.717) is 6.04 Å². The summed E-state index contributed by atoms with van der Waals surface area (Å²) in [4.78, 5) is 2.55. The van der Waals surface area contributed by atoms with Gasteiger partial charge in [0.05, 0.1) is 0 Å². The lowest BCUT2D eigenvalue weighted by atomic mass is 9.93. The van der Waals surface area contributed by atoms with Crippen molar-refractivity contribution in [3.05, 3.63) is 35.9 Å². The first-order chi connectivity index (χ1) is 7.79. The van der Waals surface area contributed by atoms with Gasteiger partial charge in [0.15, 0.2) is 0 Å². The number of nitrogens with zero attached hydrogens (tertiary/aromatic N) is 1. The van der Waals surface area contributed by atoms with E-state index in [2.05, 4.69) is 54.5 Å². The van der Waals surface area contributed by atoms with Gasteiger partial charge >= 0.3 is 0 Å². The summed E-state index contributed by atoms with van der Waals surface area (Å²) >= 11 is 0. The summed E-state index contributed by atoms with van der Waals surface area (Å²) in [7, 11) is 2.08. The molecule has 0 saturated carbocycles. The Bertz CT molecular complexity index is 310. The first-order valence-electron chi connectivity index (χ1n) is 6.23. The van der Waals surface area contributed by atoms with E-state index in [4.69, 9.17) is 0 Å². The standard InChI is InChI=1S/C14H22N2/c1-12-8-9-16(11-14(12)15-2)10-13-6-4-3-5-7-13/h3-7,12,14-15H,8-11H2,1-2H3/t12?,14-/m1/s1. The van der Waals surface area contributed by atoms with Gasteiger partial charge in [0.1, 0.15) is 0 Å². The van der Waals surface area contributed by atoms with Crippen LogP contribution >= 0.6 is 0 Å². The van der Waals surface area contributed by atoms with Crippen LogP contribution in [0.15, 0.2) is 30.3 Å². The van der Waals surface area contributed by atoms with Gasteiger partial charge in [0.25, 0.3) is 0 Å². The Kier molecular flexibility index (Phi) is 3.97. The maximum Gasteiger partial charge on any atom is 0.0234 e. The minimum Gasteiger partial charge on any atom is -0.315 e. The van der Waals surface area contributed by atoms with Crippen molar-refractivity contribution in [2.24, 2.45) is 5.92 Å². The van der Waals surface area contributed by atoms with Gasteiger partial charge in [0.2, 0.25) is 0 Å². The minimum atomic E-state index is 0.650. The first-order valence-corrected chi connectivity index (χ1v) is 6.23. The molecule has 2 rings (SSSR count). The summed E-state index contributed by atoms with van der Waals surface area (Å²) in [6.45, 7) is 5.84. The highest BCUT2D eigenvalue weighted by atomic mass is 15.2. The Balaban J connectivity index is 1.92. The van der Waals surface area contributed by atoms with E-state index >= 15 is 0 Å². The molecule has 1 fully saturated rings. The summed E-state index contributed by atoms with van der Waals surface area (Å²) in [5.74, 6) is 0.803. The van der Waals surface area contributed by atoms with E-state index in [1.54, 1.807) is 0 Å². The van der Waals surface area contributed by atoms with Crippen LogP contribution in [0.1, 0.15) is 18.9 Å². The number of hydrogen-bond donors (Lipinski definition) is 1. The van der Waals surface area contributed by atoms with Crippen LogP contribution in [0.3, 0.4) is 0 Å². The van der Waals surface area contributed by atoms with Crippen LogP contribution < -0.4 is 5.32 Å². The van der Waals surface area contributed by atoms with Crippen LogP contribution in [0, 0.1) is 5.92 Å². The number of rotatable bonds is 3. The van der Waals surface area contributed by atoms with E-state index in [0.717, 1.165) is 12.5 Å².